The summed E-state index contributed by atoms with van der Waals surface area (Å²) in [4.78, 5) is 4.67. The van der Waals surface area contributed by atoms with Crippen molar-refractivity contribution >= 4 is 82.2 Å². The van der Waals surface area contributed by atoms with Crippen LogP contribution in [0.25, 0.3) is 43.8 Å². The van der Waals surface area contributed by atoms with Gasteiger partial charge < -0.3 is 14.5 Å². The van der Waals surface area contributed by atoms with Gasteiger partial charge in [0.2, 0.25) is 0 Å². The standard InChI is InChI=1S/C56H50N2OSi2/c1-60(2,3)48-31-26-45(27-32-48)57(42-14-9-7-10-15-42)44-24-22-39(23-25-44)40-20-21-41-37-53-50-35-30-47(38-55(50)59-54-19-13-18-51(56(53)54)52(41)36-40)58(43-16-11-8-12-17-43)46-28-33-49(34-29-46)61(4,5)6/h7-38H,1-6H3. The lowest BCUT2D eigenvalue weighted by Crippen LogP contribution is -2.37. The molecular formula is C56H50N2OSi2. The molecule has 0 atom stereocenters. The summed E-state index contributed by atoms with van der Waals surface area (Å²) in [5, 5.41) is 7.69. The van der Waals surface area contributed by atoms with Crippen molar-refractivity contribution in [3.63, 3.8) is 0 Å². The number of ether oxygens (including phenoxy) is 1. The number of rotatable bonds is 9. The van der Waals surface area contributed by atoms with E-state index in [1.54, 1.807) is 0 Å². The average molecular weight is 823 g/mol. The molecule has 1 aliphatic heterocycles. The summed E-state index contributed by atoms with van der Waals surface area (Å²) >= 11 is 0. The zero-order chi connectivity index (χ0) is 41.9. The van der Waals surface area contributed by atoms with Crippen molar-refractivity contribution in [1.29, 1.82) is 0 Å². The molecule has 0 spiro atoms. The third-order valence-corrected chi connectivity index (χ3v) is 16.3. The van der Waals surface area contributed by atoms with Gasteiger partial charge in [-0.05, 0) is 124 Å². The zero-order valence-electron chi connectivity index (χ0n) is 35.8. The predicted octanol–water partition coefficient (Wildman–Crippen LogP) is 15.5. The Morgan fingerprint density at radius 3 is 1.39 bits per heavy atom. The van der Waals surface area contributed by atoms with E-state index in [4.69, 9.17) is 4.74 Å². The first-order chi connectivity index (χ1) is 29.5. The van der Waals surface area contributed by atoms with Crippen molar-refractivity contribution in [2.75, 3.05) is 9.80 Å². The van der Waals surface area contributed by atoms with Gasteiger partial charge in [-0.15, -0.1) is 0 Å². The lowest BCUT2D eigenvalue weighted by atomic mass is 9.89. The summed E-state index contributed by atoms with van der Waals surface area (Å²) in [5.41, 5.74) is 11.4. The summed E-state index contributed by atoms with van der Waals surface area (Å²) in [6.07, 6.45) is 0. The highest BCUT2D eigenvalue weighted by Gasteiger charge is 2.25. The molecule has 61 heavy (non-hydrogen) atoms. The first-order valence-corrected chi connectivity index (χ1v) is 28.3. The molecule has 0 radical (unpaired) electrons. The Hall–Kier alpha value is -6.67. The highest BCUT2D eigenvalue weighted by molar-refractivity contribution is 6.89. The molecular weight excluding hydrogens is 773 g/mol. The van der Waals surface area contributed by atoms with Gasteiger partial charge in [-0.2, -0.15) is 0 Å². The first-order valence-electron chi connectivity index (χ1n) is 21.3. The van der Waals surface area contributed by atoms with Gasteiger partial charge in [0.25, 0.3) is 0 Å². The van der Waals surface area contributed by atoms with E-state index in [-0.39, 0.29) is 0 Å². The van der Waals surface area contributed by atoms with Crippen molar-refractivity contribution in [3.05, 3.63) is 194 Å². The summed E-state index contributed by atoms with van der Waals surface area (Å²) < 4.78 is 6.85. The molecule has 0 aromatic heterocycles. The van der Waals surface area contributed by atoms with Crippen LogP contribution in [0.3, 0.4) is 0 Å². The van der Waals surface area contributed by atoms with Crippen LogP contribution in [-0.2, 0) is 0 Å². The maximum atomic E-state index is 6.85. The highest BCUT2D eigenvalue weighted by Crippen LogP contribution is 2.51. The molecule has 0 saturated heterocycles. The van der Waals surface area contributed by atoms with E-state index in [0.29, 0.717) is 0 Å². The van der Waals surface area contributed by atoms with Crippen molar-refractivity contribution in [2.45, 2.75) is 39.3 Å². The average Bonchev–Trinajstić information content (AvgIpc) is 3.27. The summed E-state index contributed by atoms with van der Waals surface area (Å²) in [5.74, 6) is 1.75. The van der Waals surface area contributed by atoms with E-state index in [2.05, 4.69) is 243 Å². The fourth-order valence-electron chi connectivity index (χ4n) is 8.80. The van der Waals surface area contributed by atoms with Gasteiger partial charge in [-0.3, -0.25) is 0 Å². The van der Waals surface area contributed by atoms with Crippen LogP contribution in [0.1, 0.15) is 0 Å². The van der Waals surface area contributed by atoms with E-state index < -0.39 is 16.1 Å². The summed E-state index contributed by atoms with van der Waals surface area (Å²) in [6.45, 7) is 14.4. The van der Waals surface area contributed by atoms with Gasteiger partial charge in [0.15, 0.2) is 0 Å². The molecule has 5 heteroatoms. The van der Waals surface area contributed by atoms with Crippen LogP contribution in [0.5, 0.6) is 11.5 Å². The van der Waals surface area contributed by atoms with Crippen molar-refractivity contribution in [1.82, 2.24) is 0 Å². The summed E-state index contributed by atoms with van der Waals surface area (Å²) in [7, 11) is -2.85. The van der Waals surface area contributed by atoms with Crippen LogP contribution in [-0.4, -0.2) is 16.1 Å². The van der Waals surface area contributed by atoms with E-state index >= 15 is 0 Å². The number of benzene rings is 9. The molecule has 9 aromatic carbocycles. The second kappa shape index (κ2) is 15.1. The Balaban J connectivity index is 1.01. The molecule has 0 aliphatic carbocycles. The van der Waals surface area contributed by atoms with Crippen LogP contribution in [0.2, 0.25) is 39.3 Å². The van der Waals surface area contributed by atoms with Crippen LogP contribution in [0, 0.1) is 0 Å². The van der Waals surface area contributed by atoms with E-state index in [0.717, 1.165) is 56.6 Å². The Morgan fingerprint density at radius 2 is 0.836 bits per heavy atom. The molecule has 9 aromatic rings. The van der Waals surface area contributed by atoms with Gasteiger partial charge >= 0.3 is 0 Å². The molecule has 0 amide bonds. The number of hydrogen-bond donors (Lipinski definition) is 0. The minimum atomic E-state index is -1.44. The lowest BCUT2D eigenvalue weighted by Gasteiger charge is -2.29. The predicted molar refractivity (Wildman–Crippen MR) is 268 cm³/mol. The molecule has 298 valence electrons. The minimum absolute atomic E-state index is 0.866. The normalized spacial score (nSPS) is 12.2. The molecule has 0 bridgehead atoms. The number of fused-ring (bicyclic) bond motifs is 4. The Morgan fingerprint density at radius 1 is 0.344 bits per heavy atom. The lowest BCUT2D eigenvalue weighted by molar-refractivity contribution is 0.487. The Labute approximate surface area is 362 Å². The number of hydrogen-bond acceptors (Lipinski definition) is 3. The zero-order valence-corrected chi connectivity index (χ0v) is 37.8. The van der Waals surface area contributed by atoms with E-state index in [9.17, 15) is 0 Å². The van der Waals surface area contributed by atoms with Crippen LogP contribution in [0.15, 0.2) is 194 Å². The van der Waals surface area contributed by atoms with E-state index in [1.165, 1.54) is 43.2 Å². The largest absolute Gasteiger partial charge is 0.456 e. The van der Waals surface area contributed by atoms with Gasteiger partial charge in [0.1, 0.15) is 11.5 Å². The third-order valence-electron chi connectivity index (χ3n) is 12.1. The number of para-hydroxylation sites is 2. The van der Waals surface area contributed by atoms with E-state index in [1.807, 2.05) is 0 Å². The fourth-order valence-corrected chi connectivity index (χ4v) is 11.1. The van der Waals surface area contributed by atoms with Crippen molar-refractivity contribution in [2.24, 2.45) is 0 Å². The highest BCUT2D eigenvalue weighted by atomic mass is 28.3. The maximum absolute atomic E-state index is 6.85. The smallest absolute Gasteiger partial charge is 0.137 e. The molecule has 0 unspecified atom stereocenters. The van der Waals surface area contributed by atoms with Crippen LogP contribution >= 0.6 is 0 Å². The number of nitrogens with zero attached hydrogens (tertiary/aromatic N) is 2. The van der Waals surface area contributed by atoms with Gasteiger partial charge in [0.05, 0.1) is 16.1 Å². The number of anilines is 6. The summed E-state index contributed by atoms with van der Waals surface area (Å²) in [6, 6.07) is 71.0. The SMILES string of the molecule is C[Si](C)(C)c1ccc(N(c2ccccc2)c2ccc(-c3ccc4cc5c6c(cccc6c4c3)Oc3cc(N(c4ccccc4)c4ccc([Si](C)(C)C)cc4)ccc3-5)cc2)cc1. The quantitative estimate of drug-likeness (QED) is 0.107. The second-order valence-corrected chi connectivity index (χ2v) is 28.5. The maximum Gasteiger partial charge on any atom is 0.137 e. The molecule has 1 heterocycles. The second-order valence-electron chi connectivity index (χ2n) is 18.3. The molecule has 0 saturated carbocycles. The minimum Gasteiger partial charge on any atom is -0.456 e. The first kappa shape index (κ1) is 38.5. The van der Waals surface area contributed by atoms with Crippen LogP contribution in [0.4, 0.5) is 34.1 Å². The topological polar surface area (TPSA) is 15.7 Å². The van der Waals surface area contributed by atoms with Crippen molar-refractivity contribution < 1.29 is 4.74 Å². The Bertz CT molecular complexity index is 3040. The van der Waals surface area contributed by atoms with Crippen molar-refractivity contribution in [3.8, 4) is 33.8 Å². The van der Waals surface area contributed by atoms with Gasteiger partial charge in [-0.1, -0.05) is 147 Å². The fraction of sp³-hybridized carbons (Fsp3) is 0.107. The molecule has 3 nitrogen and oxygen atoms in total. The van der Waals surface area contributed by atoms with Gasteiger partial charge in [-0.25, -0.2) is 0 Å². The molecule has 0 N–H and O–H groups in total. The molecule has 10 rings (SSSR count). The van der Waals surface area contributed by atoms with Gasteiger partial charge in [0, 0.05) is 51.1 Å². The monoisotopic (exact) mass is 822 g/mol. The molecule has 0 fully saturated rings. The Kier molecular flexibility index (Phi) is 9.54. The van der Waals surface area contributed by atoms with Crippen LogP contribution < -0.4 is 24.9 Å². The third kappa shape index (κ3) is 7.24. The molecule has 1 aliphatic rings.